The van der Waals surface area contributed by atoms with E-state index in [2.05, 4.69) is 11.2 Å². The summed E-state index contributed by atoms with van der Waals surface area (Å²) in [7, 11) is 1.60. The number of carbonyl (C=O) groups excluding carboxylic acids is 2. The summed E-state index contributed by atoms with van der Waals surface area (Å²) in [4.78, 5) is 25.2. The molecule has 0 aromatic heterocycles. The van der Waals surface area contributed by atoms with Crippen molar-refractivity contribution in [1.29, 1.82) is 0 Å². The number of nitrogens with one attached hydrogen (secondary N) is 1. The van der Waals surface area contributed by atoms with Crippen molar-refractivity contribution in [3.05, 3.63) is 0 Å². The zero-order valence-corrected chi connectivity index (χ0v) is 10.3. The average molecular weight is 237 g/mol. The highest BCUT2D eigenvalue weighted by Gasteiger charge is 2.42. The molecule has 0 radical (unpaired) electrons. The molecule has 94 valence electrons. The molecule has 5 nitrogen and oxygen atoms in total. The van der Waals surface area contributed by atoms with Crippen molar-refractivity contribution in [1.82, 2.24) is 10.2 Å². The lowest BCUT2D eigenvalue weighted by atomic mass is 9.89. The van der Waals surface area contributed by atoms with Gasteiger partial charge in [-0.2, -0.15) is 0 Å². The van der Waals surface area contributed by atoms with E-state index in [9.17, 15) is 9.59 Å². The zero-order chi connectivity index (χ0) is 13.1. The monoisotopic (exact) mass is 237 g/mol. The maximum atomic E-state index is 11.9. The summed E-state index contributed by atoms with van der Waals surface area (Å²) in [6, 6.07) is -0.660. The van der Waals surface area contributed by atoms with Crippen molar-refractivity contribution < 1.29 is 9.59 Å². The number of nitrogens with zero attached hydrogens (tertiary/aromatic N) is 1. The molecule has 2 amide bonds. The zero-order valence-electron chi connectivity index (χ0n) is 10.3. The smallest absolute Gasteiger partial charge is 0.240 e. The molecule has 0 saturated carbocycles. The minimum absolute atomic E-state index is 0.0432. The number of hydrogen-bond donors (Lipinski definition) is 2. The Balaban J connectivity index is 2.65. The first-order valence-corrected chi connectivity index (χ1v) is 5.64. The Labute approximate surface area is 102 Å². The minimum atomic E-state index is -0.660. The summed E-state index contributed by atoms with van der Waals surface area (Å²) in [5, 5.41) is 2.62. The van der Waals surface area contributed by atoms with Gasteiger partial charge in [-0.05, 0) is 13.3 Å². The molecule has 0 aliphatic carbocycles. The van der Waals surface area contributed by atoms with Gasteiger partial charge in [-0.25, -0.2) is 0 Å². The third-order valence-corrected chi connectivity index (χ3v) is 3.22. The number of rotatable bonds is 3. The van der Waals surface area contributed by atoms with Gasteiger partial charge in [-0.15, -0.1) is 12.3 Å². The molecule has 0 aromatic carbocycles. The topological polar surface area (TPSA) is 75.4 Å². The molecule has 1 aliphatic rings. The molecule has 0 spiro atoms. The highest BCUT2D eigenvalue weighted by Crippen LogP contribution is 2.30. The third kappa shape index (κ3) is 2.77. The van der Waals surface area contributed by atoms with Crippen LogP contribution in [0.2, 0.25) is 0 Å². The van der Waals surface area contributed by atoms with Gasteiger partial charge in [0.25, 0.3) is 0 Å². The fourth-order valence-corrected chi connectivity index (χ4v) is 2.09. The molecule has 1 saturated heterocycles. The fourth-order valence-electron chi connectivity index (χ4n) is 2.09. The summed E-state index contributed by atoms with van der Waals surface area (Å²) >= 11 is 0. The second-order valence-electron chi connectivity index (χ2n) is 4.66. The Bertz CT molecular complexity index is 361. The van der Waals surface area contributed by atoms with Crippen LogP contribution in [0.15, 0.2) is 0 Å². The summed E-state index contributed by atoms with van der Waals surface area (Å²) in [6.07, 6.45) is 6.01. The van der Waals surface area contributed by atoms with Gasteiger partial charge in [0, 0.05) is 26.6 Å². The predicted molar refractivity (Wildman–Crippen MR) is 64.8 cm³/mol. The second kappa shape index (κ2) is 5.19. The summed E-state index contributed by atoms with van der Waals surface area (Å²) < 4.78 is 0. The lowest BCUT2D eigenvalue weighted by Gasteiger charge is -2.24. The largest absolute Gasteiger partial charge is 0.359 e. The van der Waals surface area contributed by atoms with Crippen LogP contribution in [0, 0.1) is 17.8 Å². The van der Waals surface area contributed by atoms with Crippen molar-refractivity contribution in [2.75, 3.05) is 20.1 Å². The van der Waals surface area contributed by atoms with Gasteiger partial charge >= 0.3 is 0 Å². The van der Waals surface area contributed by atoms with Gasteiger partial charge in [-0.1, -0.05) is 0 Å². The quantitative estimate of drug-likeness (QED) is 0.639. The predicted octanol–water partition coefficient (Wildman–Crippen LogP) is -0.678. The summed E-state index contributed by atoms with van der Waals surface area (Å²) in [6.45, 7) is 2.82. The van der Waals surface area contributed by atoms with Crippen LogP contribution in [-0.2, 0) is 9.59 Å². The van der Waals surface area contributed by atoms with E-state index in [-0.39, 0.29) is 18.2 Å². The van der Waals surface area contributed by atoms with Crippen LogP contribution < -0.4 is 11.1 Å². The van der Waals surface area contributed by atoms with E-state index in [0.29, 0.717) is 19.5 Å². The molecule has 1 rings (SSSR count). The fraction of sp³-hybridized carbons (Fsp3) is 0.667. The molecule has 0 aromatic rings. The van der Waals surface area contributed by atoms with E-state index in [1.165, 1.54) is 0 Å². The molecule has 2 unspecified atom stereocenters. The van der Waals surface area contributed by atoms with E-state index in [4.69, 9.17) is 12.2 Å². The molecule has 17 heavy (non-hydrogen) atoms. The van der Waals surface area contributed by atoms with Crippen LogP contribution in [0.3, 0.4) is 0 Å². The number of hydrogen-bond acceptors (Lipinski definition) is 3. The van der Waals surface area contributed by atoms with Crippen molar-refractivity contribution in [3.8, 4) is 12.3 Å². The molecule has 1 fully saturated rings. The molecular formula is C12H19N3O2. The summed E-state index contributed by atoms with van der Waals surface area (Å²) in [5.74, 6) is 2.16. The molecule has 5 heteroatoms. The van der Waals surface area contributed by atoms with Crippen LogP contribution in [-0.4, -0.2) is 42.9 Å². The first-order chi connectivity index (χ1) is 7.94. The van der Waals surface area contributed by atoms with Crippen LogP contribution in [0.5, 0.6) is 0 Å². The first kappa shape index (κ1) is 13.5. The number of amides is 2. The molecule has 3 N–H and O–H groups in total. The van der Waals surface area contributed by atoms with Gasteiger partial charge < -0.3 is 16.0 Å². The van der Waals surface area contributed by atoms with Crippen LogP contribution in [0.25, 0.3) is 0 Å². The van der Waals surface area contributed by atoms with Crippen LogP contribution >= 0.6 is 0 Å². The second-order valence-corrected chi connectivity index (χ2v) is 4.66. The standard InChI is InChI=1S/C12H19N3O2/c1-4-5-9(13)10(16)15-7-6-12(2,8-15)11(17)14-3/h1,9H,5-8,13H2,2-3H3,(H,14,17). The molecule has 1 heterocycles. The maximum Gasteiger partial charge on any atom is 0.240 e. The van der Waals surface area contributed by atoms with E-state index >= 15 is 0 Å². The lowest BCUT2D eigenvalue weighted by molar-refractivity contribution is -0.133. The van der Waals surface area contributed by atoms with Gasteiger partial charge in [0.05, 0.1) is 11.5 Å². The molecule has 2 atom stereocenters. The van der Waals surface area contributed by atoms with E-state index in [1.807, 2.05) is 6.92 Å². The Morgan fingerprint density at radius 2 is 2.29 bits per heavy atom. The summed E-state index contributed by atoms with van der Waals surface area (Å²) in [5.41, 5.74) is 5.16. The minimum Gasteiger partial charge on any atom is -0.359 e. The van der Waals surface area contributed by atoms with Crippen molar-refractivity contribution in [2.45, 2.75) is 25.8 Å². The first-order valence-electron chi connectivity index (χ1n) is 5.64. The Hall–Kier alpha value is -1.54. The third-order valence-electron chi connectivity index (χ3n) is 3.22. The maximum absolute atomic E-state index is 11.9. The van der Waals surface area contributed by atoms with E-state index in [1.54, 1.807) is 11.9 Å². The highest BCUT2D eigenvalue weighted by atomic mass is 16.2. The highest BCUT2D eigenvalue weighted by molar-refractivity contribution is 5.86. The number of carbonyl (C=O) groups is 2. The number of nitrogens with two attached hydrogens (primary N) is 1. The van der Waals surface area contributed by atoms with Crippen molar-refractivity contribution in [3.63, 3.8) is 0 Å². The van der Waals surface area contributed by atoms with Crippen molar-refractivity contribution in [2.24, 2.45) is 11.1 Å². The van der Waals surface area contributed by atoms with E-state index in [0.717, 1.165) is 0 Å². The number of terminal acetylenes is 1. The molecular weight excluding hydrogens is 218 g/mol. The Morgan fingerprint density at radius 1 is 1.65 bits per heavy atom. The van der Waals surface area contributed by atoms with Gasteiger partial charge in [-0.3, -0.25) is 9.59 Å². The number of likely N-dealkylation sites (tertiary alicyclic amines) is 1. The van der Waals surface area contributed by atoms with Crippen LogP contribution in [0.1, 0.15) is 19.8 Å². The van der Waals surface area contributed by atoms with Crippen LogP contribution in [0.4, 0.5) is 0 Å². The molecule has 1 aliphatic heterocycles. The van der Waals surface area contributed by atoms with E-state index < -0.39 is 11.5 Å². The SMILES string of the molecule is C#CCC(N)C(=O)N1CCC(C)(C(=O)NC)C1. The normalized spacial score (nSPS) is 25.2. The lowest BCUT2D eigenvalue weighted by Crippen LogP contribution is -2.45. The van der Waals surface area contributed by atoms with Crippen molar-refractivity contribution >= 4 is 11.8 Å². The van der Waals surface area contributed by atoms with Gasteiger partial charge in [0.1, 0.15) is 0 Å². The Kier molecular flexibility index (Phi) is 4.13. The van der Waals surface area contributed by atoms with Gasteiger partial charge in [0.2, 0.25) is 11.8 Å². The average Bonchev–Trinajstić information content (AvgIpc) is 2.71. The Morgan fingerprint density at radius 3 is 2.82 bits per heavy atom. The van der Waals surface area contributed by atoms with Gasteiger partial charge in [0.15, 0.2) is 0 Å². The molecule has 0 bridgehead atoms.